The van der Waals surface area contributed by atoms with E-state index >= 15 is 0 Å². The predicted octanol–water partition coefficient (Wildman–Crippen LogP) is 3.69. The molecular weight excluding hydrogens is 328 g/mol. The lowest BCUT2D eigenvalue weighted by Gasteiger charge is -2.17. The highest BCUT2D eigenvalue weighted by molar-refractivity contribution is 5.92. The minimum atomic E-state index is -0.449. The van der Waals surface area contributed by atoms with Gasteiger partial charge in [0.05, 0.1) is 24.4 Å². The molecule has 3 N–H and O–H groups in total. The van der Waals surface area contributed by atoms with E-state index < -0.39 is 6.04 Å². The molecule has 6 nitrogen and oxygen atoms in total. The normalized spacial score (nSPS) is 12.1. The summed E-state index contributed by atoms with van der Waals surface area (Å²) in [6.07, 6.45) is 4.00. The lowest BCUT2D eigenvalue weighted by atomic mass is 10.1. The van der Waals surface area contributed by atoms with Gasteiger partial charge in [-0.15, -0.1) is 0 Å². The lowest BCUT2D eigenvalue weighted by molar-refractivity contribution is 0.225. The van der Waals surface area contributed by atoms with Gasteiger partial charge in [0.2, 0.25) is 0 Å². The van der Waals surface area contributed by atoms with Crippen molar-refractivity contribution in [3.05, 3.63) is 60.3 Å². The van der Waals surface area contributed by atoms with Crippen LogP contribution in [0.25, 0.3) is 10.9 Å². The summed E-state index contributed by atoms with van der Waals surface area (Å²) >= 11 is 0. The molecule has 0 radical (unpaired) electrons. The van der Waals surface area contributed by atoms with Gasteiger partial charge in [-0.3, -0.25) is 4.68 Å². The van der Waals surface area contributed by atoms with Crippen LogP contribution < -0.4 is 10.6 Å². The maximum Gasteiger partial charge on any atom is 0.319 e. The first-order valence-electron chi connectivity index (χ1n) is 8.90. The number of fused-ring (bicyclic) bond motifs is 1. The second-order valence-electron chi connectivity index (χ2n) is 6.24. The Labute approximate surface area is 152 Å². The van der Waals surface area contributed by atoms with Crippen LogP contribution in [0.4, 0.5) is 10.5 Å². The van der Waals surface area contributed by atoms with Gasteiger partial charge in [0.15, 0.2) is 0 Å². The van der Waals surface area contributed by atoms with E-state index in [2.05, 4.69) is 22.7 Å². The number of hydrogen-bond acceptors (Lipinski definition) is 3. The number of rotatable bonds is 7. The van der Waals surface area contributed by atoms with E-state index in [-0.39, 0.29) is 12.6 Å². The van der Waals surface area contributed by atoms with Crippen molar-refractivity contribution in [2.45, 2.75) is 32.4 Å². The Hall–Kier alpha value is -2.86. The number of unbranched alkanes of at least 4 members (excludes halogenated alkanes) is 1. The number of aliphatic hydroxyl groups excluding tert-OH is 1. The van der Waals surface area contributed by atoms with Crippen molar-refractivity contribution in [1.29, 1.82) is 0 Å². The standard InChI is InChI=1S/C20H24N4O2/c1-2-3-11-24-19-12-17(10-9-16(19)13-21-24)22-20(26)23-18(14-25)15-7-5-4-6-8-15/h4-10,12-13,18,25H,2-3,11,14H2,1H3,(H2,22,23,26)/t18-/m0/s1. The highest BCUT2D eigenvalue weighted by Crippen LogP contribution is 2.20. The molecule has 3 aromatic rings. The van der Waals surface area contributed by atoms with Crippen molar-refractivity contribution in [2.75, 3.05) is 11.9 Å². The van der Waals surface area contributed by atoms with E-state index in [1.54, 1.807) is 0 Å². The zero-order valence-corrected chi connectivity index (χ0v) is 14.9. The Morgan fingerprint density at radius 2 is 2.04 bits per heavy atom. The molecule has 1 aromatic heterocycles. The van der Waals surface area contributed by atoms with Crippen molar-refractivity contribution < 1.29 is 9.90 Å². The van der Waals surface area contributed by atoms with Gasteiger partial charge in [0.1, 0.15) is 0 Å². The number of aliphatic hydroxyl groups is 1. The molecule has 6 heteroatoms. The molecule has 0 unspecified atom stereocenters. The van der Waals surface area contributed by atoms with Crippen LogP contribution in [0.5, 0.6) is 0 Å². The molecule has 0 bridgehead atoms. The SMILES string of the molecule is CCCCn1ncc2ccc(NC(=O)N[C@@H](CO)c3ccccc3)cc21. The van der Waals surface area contributed by atoms with E-state index in [1.165, 1.54) is 0 Å². The fourth-order valence-corrected chi connectivity index (χ4v) is 2.88. The molecule has 0 spiro atoms. The highest BCUT2D eigenvalue weighted by atomic mass is 16.3. The Kier molecular flexibility index (Phi) is 5.86. The average Bonchev–Trinajstić information content (AvgIpc) is 3.07. The first kappa shape index (κ1) is 17.9. The van der Waals surface area contributed by atoms with Crippen molar-refractivity contribution in [2.24, 2.45) is 0 Å². The van der Waals surface area contributed by atoms with Crippen LogP contribution in [0, 0.1) is 0 Å². The molecule has 0 saturated heterocycles. The molecule has 1 heterocycles. The number of carbonyl (C=O) groups excluding carboxylic acids is 1. The lowest BCUT2D eigenvalue weighted by Crippen LogP contribution is -2.34. The fraction of sp³-hybridized carbons (Fsp3) is 0.300. The smallest absolute Gasteiger partial charge is 0.319 e. The number of hydrogen-bond donors (Lipinski definition) is 3. The summed E-state index contributed by atoms with van der Waals surface area (Å²) in [7, 11) is 0. The molecule has 2 amide bonds. The van der Waals surface area contributed by atoms with Crippen LogP contribution in [0.2, 0.25) is 0 Å². The zero-order valence-electron chi connectivity index (χ0n) is 14.9. The molecule has 0 aliphatic carbocycles. The Morgan fingerprint density at radius 1 is 1.23 bits per heavy atom. The van der Waals surface area contributed by atoms with Crippen LogP contribution in [0.15, 0.2) is 54.7 Å². The number of nitrogens with one attached hydrogen (secondary N) is 2. The van der Waals surface area contributed by atoms with Crippen molar-refractivity contribution in [3.8, 4) is 0 Å². The number of carbonyl (C=O) groups is 1. The molecule has 3 rings (SSSR count). The second-order valence-corrected chi connectivity index (χ2v) is 6.24. The Balaban J connectivity index is 1.70. The number of urea groups is 1. The van der Waals surface area contributed by atoms with Crippen molar-refractivity contribution in [1.82, 2.24) is 15.1 Å². The van der Waals surface area contributed by atoms with Crippen LogP contribution >= 0.6 is 0 Å². The van der Waals surface area contributed by atoms with Crippen LogP contribution in [-0.2, 0) is 6.54 Å². The maximum atomic E-state index is 12.3. The molecule has 1 atom stereocenters. The quantitative estimate of drug-likeness (QED) is 0.607. The third-order valence-corrected chi connectivity index (χ3v) is 4.32. The van der Waals surface area contributed by atoms with Gasteiger partial charge in [-0.25, -0.2) is 4.79 Å². The van der Waals surface area contributed by atoms with Gasteiger partial charge in [-0.1, -0.05) is 43.7 Å². The van der Waals surface area contributed by atoms with E-state index in [4.69, 9.17) is 0 Å². The summed E-state index contributed by atoms with van der Waals surface area (Å²) in [4.78, 5) is 12.3. The first-order chi connectivity index (χ1) is 12.7. The minimum absolute atomic E-state index is 0.166. The first-order valence-corrected chi connectivity index (χ1v) is 8.90. The van der Waals surface area contributed by atoms with Crippen LogP contribution in [-0.4, -0.2) is 27.5 Å². The molecule has 0 fully saturated rings. The van der Waals surface area contributed by atoms with Gasteiger partial charge in [0, 0.05) is 17.6 Å². The fourth-order valence-electron chi connectivity index (χ4n) is 2.88. The Bertz CT molecular complexity index is 861. The summed E-state index contributed by atoms with van der Waals surface area (Å²) in [6.45, 7) is 2.84. The van der Waals surface area contributed by atoms with E-state index in [1.807, 2.05) is 59.4 Å². The number of nitrogens with zero attached hydrogens (tertiary/aromatic N) is 2. The molecule has 136 valence electrons. The van der Waals surface area contributed by atoms with Gasteiger partial charge >= 0.3 is 6.03 Å². The molecule has 2 aromatic carbocycles. The number of anilines is 1. The largest absolute Gasteiger partial charge is 0.394 e. The number of amides is 2. The summed E-state index contributed by atoms with van der Waals surface area (Å²) in [5, 5.41) is 20.7. The summed E-state index contributed by atoms with van der Waals surface area (Å²) < 4.78 is 1.96. The Morgan fingerprint density at radius 3 is 2.77 bits per heavy atom. The van der Waals surface area contributed by atoms with Crippen LogP contribution in [0.1, 0.15) is 31.4 Å². The molecule has 0 aliphatic heterocycles. The molecule has 26 heavy (non-hydrogen) atoms. The van der Waals surface area contributed by atoms with E-state index in [0.29, 0.717) is 5.69 Å². The monoisotopic (exact) mass is 352 g/mol. The molecular formula is C20H24N4O2. The number of aryl methyl sites for hydroxylation is 1. The van der Waals surface area contributed by atoms with Gasteiger partial charge in [-0.05, 0) is 30.2 Å². The minimum Gasteiger partial charge on any atom is -0.394 e. The zero-order chi connectivity index (χ0) is 18.4. The van der Waals surface area contributed by atoms with Gasteiger partial charge in [-0.2, -0.15) is 5.10 Å². The van der Waals surface area contributed by atoms with Gasteiger partial charge in [0.25, 0.3) is 0 Å². The summed E-state index contributed by atoms with van der Waals surface area (Å²) in [6, 6.07) is 14.3. The molecule has 0 aliphatic rings. The average molecular weight is 352 g/mol. The topological polar surface area (TPSA) is 79.2 Å². The highest BCUT2D eigenvalue weighted by Gasteiger charge is 2.13. The summed E-state index contributed by atoms with van der Waals surface area (Å²) in [5.41, 5.74) is 2.55. The van der Waals surface area contributed by atoms with E-state index in [9.17, 15) is 9.90 Å². The van der Waals surface area contributed by atoms with Crippen molar-refractivity contribution >= 4 is 22.6 Å². The third kappa shape index (κ3) is 4.21. The number of aromatic nitrogens is 2. The van der Waals surface area contributed by atoms with Crippen molar-refractivity contribution in [3.63, 3.8) is 0 Å². The molecule has 0 saturated carbocycles. The van der Waals surface area contributed by atoms with Gasteiger partial charge < -0.3 is 15.7 Å². The maximum absolute atomic E-state index is 12.3. The predicted molar refractivity (Wildman–Crippen MR) is 103 cm³/mol. The second kappa shape index (κ2) is 8.49. The van der Waals surface area contributed by atoms with E-state index in [0.717, 1.165) is 35.9 Å². The number of benzene rings is 2. The van der Waals surface area contributed by atoms with Crippen LogP contribution in [0.3, 0.4) is 0 Å². The third-order valence-electron chi connectivity index (χ3n) is 4.32. The summed E-state index contributed by atoms with van der Waals surface area (Å²) in [5.74, 6) is 0.